The second kappa shape index (κ2) is 12.3. The monoisotopic (exact) mass is 395 g/mol. The normalized spacial score (nSPS) is 23.1. The molecule has 0 aliphatic carbocycles. The van der Waals surface area contributed by atoms with Crippen LogP contribution in [0, 0.1) is 11.8 Å². The lowest BCUT2D eigenvalue weighted by molar-refractivity contribution is -0.119. The Hall–Kier alpha value is -1.34. The molecule has 2 aliphatic heterocycles. The fourth-order valence-electron chi connectivity index (χ4n) is 4.62. The molecule has 7 nitrogen and oxygen atoms in total. The number of rotatable bonds is 9. The number of ether oxygens (including phenoxy) is 1. The zero-order valence-corrected chi connectivity index (χ0v) is 18.2. The molecule has 0 saturated carbocycles. The Morgan fingerprint density at radius 2 is 1.93 bits per heavy atom. The summed E-state index contributed by atoms with van der Waals surface area (Å²) in [5, 5.41) is 3.48. The van der Waals surface area contributed by atoms with E-state index in [1.807, 2.05) is 0 Å². The van der Waals surface area contributed by atoms with Crippen molar-refractivity contribution < 1.29 is 9.53 Å². The molecule has 162 valence electrons. The highest BCUT2D eigenvalue weighted by atomic mass is 16.5. The van der Waals surface area contributed by atoms with Gasteiger partial charge in [-0.15, -0.1) is 0 Å². The number of nitrogens with zero attached hydrogens (tertiary/aromatic N) is 3. The molecule has 2 heterocycles. The van der Waals surface area contributed by atoms with Crippen LogP contribution in [0.25, 0.3) is 0 Å². The highest BCUT2D eigenvalue weighted by molar-refractivity contribution is 5.80. The Kier molecular flexibility index (Phi) is 10.1. The first-order valence-corrected chi connectivity index (χ1v) is 11.2. The molecule has 2 atom stereocenters. The number of carbonyl (C=O) groups excluding carboxylic acids is 1. The van der Waals surface area contributed by atoms with E-state index in [2.05, 4.69) is 35.9 Å². The number of hydrogen-bond donors (Lipinski definition) is 2. The molecule has 0 aromatic heterocycles. The molecule has 0 radical (unpaired) electrons. The molecule has 2 aliphatic rings. The smallest absolute Gasteiger partial charge is 0.217 e. The number of hydrogen-bond acceptors (Lipinski definition) is 4. The van der Waals surface area contributed by atoms with Gasteiger partial charge in [0, 0.05) is 45.2 Å². The van der Waals surface area contributed by atoms with E-state index < -0.39 is 0 Å². The number of aliphatic imine (C=N–C) groups is 1. The van der Waals surface area contributed by atoms with Crippen LogP contribution in [-0.2, 0) is 9.53 Å². The van der Waals surface area contributed by atoms with Crippen LogP contribution < -0.4 is 11.1 Å². The average molecular weight is 396 g/mol. The third-order valence-electron chi connectivity index (χ3n) is 6.18. The van der Waals surface area contributed by atoms with Crippen molar-refractivity contribution in [3.8, 4) is 0 Å². The quantitative estimate of drug-likeness (QED) is 0.458. The summed E-state index contributed by atoms with van der Waals surface area (Å²) in [6.45, 7) is 13.8. The molecule has 7 heteroatoms. The minimum Gasteiger partial charge on any atom is -0.379 e. The van der Waals surface area contributed by atoms with Crippen LogP contribution in [-0.4, -0.2) is 80.2 Å². The van der Waals surface area contributed by atoms with Crippen LogP contribution in [0.4, 0.5) is 0 Å². The maximum atomic E-state index is 11.3. The van der Waals surface area contributed by atoms with Crippen molar-refractivity contribution in [3.05, 3.63) is 0 Å². The molecule has 2 unspecified atom stereocenters. The third-order valence-corrected chi connectivity index (χ3v) is 6.18. The Balaban J connectivity index is 2.09. The van der Waals surface area contributed by atoms with E-state index in [4.69, 9.17) is 15.5 Å². The molecule has 0 bridgehead atoms. The SMILES string of the molecule is CCNC(=NCC(C(CC)CC)N1CCOCC1)N1CCCC(CC(N)=O)C1. The van der Waals surface area contributed by atoms with Gasteiger partial charge in [0.1, 0.15) is 0 Å². The van der Waals surface area contributed by atoms with Gasteiger partial charge in [-0.2, -0.15) is 0 Å². The zero-order valence-electron chi connectivity index (χ0n) is 18.2. The second-order valence-corrected chi connectivity index (χ2v) is 8.11. The highest BCUT2D eigenvalue weighted by Crippen LogP contribution is 2.22. The number of carbonyl (C=O) groups is 1. The van der Waals surface area contributed by atoms with Crippen molar-refractivity contribution >= 4 is 11.9 Å². The van der Waals surface area contributed by atoms with Crippen LogP contribution in [0.1, 0.15) is 52.9 Å². The molecular formula is C21H41N5O2. The van der Waals surface area contributed by atoms with Crippen molar-refractivity contribution in [1.29, 1.82) is 0 Å². The lowest BCUT2D eigenvalue weighted by atomic mass is 9.92. The first-order chi connectivity index (χ1) is 13.6. The lowest BCUT2D eigenvalue weighted by Gasteiger charge is -2.39. The summed E-state index contributed by atoms with van der Waals surface area (Å²) >= 11 is 0. The molecule has 2 rings (SSSR count). The molecule has 2 saturated heterocycles. The molecule has 3 N–H and O–H groups in total. The van der Waals surface area contributed by atoms with Crippen LogP contribution in [0.2, 0.25) is 0 Å². The van der Waals surface area contributed by atoms with Crippen LogP contribution in [0.15, 0.2) is 4.99 Å². The number of likely N-dealkylation sites (tertiary alicyclic amines) is 1. The number of amides is 1. The molecular weight excluding hydrogens is 354 g/mol. The second-order valence-electron chi connectivity index (χ2n) is 8.11. The standard InChI is InChI=1S/C21H41N5O2/c1-4-18(5-2)19(25-10-12-28-13-11-25)15-24-21(23-6-3)26-9-7-8-17(16-26)14-20(22)27/h17-19H,4-16H2,1-3H3,(H2,22,27)(H,23,24). The summed E-state index contributed by atoms with van der Waals surface area (Å²) in [6, 6.07) is 0.457. The summed E-state index contributed by atoms with van der Waals surface area (Å²) in [6.07, 6.45) is 4.98. The van der Waals surface area contributed by atoms with Gasteiger partial charge in [-0.1, -0.05) is 26.7 Å². The van der Waals surface area contributed by atoms with Crippen LogP contribution in [0.3, 0.4) is 0 Å². The molecule has 0 aromatic carbocycles. The summed E-state index contributed by atoms with van der Waals surface area (Å²) in [4.78, 5) is 21.3. The van der Waals surface area contributed by atoms with E-state index in [0.29, 0.717) is 24.3 Å². The predicted molar refractivity (Wildman–Crippen MR) is 114 cm³/mol. The van der Waals surface area contributed by atoms with E-state index in [9.17, 15) is 4.79 Å². The first-order valence-electron chi connectivity index (χ1n) is 11.2. The summed E-state index contributed by atoms with van der Waals surface area (Å²) in [5.74, 6) is 1.77. The molecule has 2 fully saturated rings. The van der Waals surface area contributed by atoms with Crippen molar-refractivity contribution in [2.24, 2.45) is 22.6 Å². The van der Waals surface area contributed by atoms with Gasteiger partial charge in [0.15, 0.2) is 5.96 Å². The van der Waals surface area contributed by atoms with Crippen molar-refractivity contribution in [2.75, 3.05) is 52.5 Å². The number of piperidine rings is 1. The zero-order chi connectivity index (χ0) is 20.4. The van der Waals surface area contributed by atoms with E-state index in [-0.39, 0.29) is 5.91 Å². The maximum Gasteiger partial charge on any atom is 0.217 e. The van der Waals surface area contributed by atoms with Gasteiger partial charge in [-0.05, 0) is 31.6 Å². The van der Waals surface area contributed by atoms with Gasteiger partial charge in [-0.25, -0.2) is 0 Å². The average Bonchev–Trinajstić information content (AvgIpc) is 2.70. The number of nitrogens with one attached hydrogen (secondary N) is 1. The van der Waals surface area contributed by atoms with E-state index >= 15 is 0 Å². The fourth-order valence-corrected chi connectivity index (χ4v) is 4.62. The van der Waals surface area contributed by atoms with Crippen molar-refractivity contribution in [2.45, 2.75) is 58.9 Å². The topological polar surface area (TPSA) is 83.2 Å². The number of guanidine groups is 1. The highest BCUT2D eigenvalue weighted by Gasteiger charge is 2.28. The molecule has 1 amide bonds. The minimum absolute atomic E-state index is 0.199. The molecule has 0 spiro atoms. The number of primary amides is 1. The predicted octanol–water partition coefficient (Wildman–Crippen LogP) is 1.68. The van der Waals surface area contributed by atoms with E-state index in [0.717, 1.165) is 71.3 Å². The fraction of sp³-hybridized carbons (Fsp3) is 0.905. The van der Waals surface area contributed by atoms with Crippen molar-refractivity contribution in [3.63, 3.8) is 0 Å². The van der Waals surface area contributed by atoms with Gasteiger partial charge in [-0.3, -0.25) is 14.7 Å². The largest absolute Gasteiger partial charge is 0.379 e. The summed E-state index contributed by atoms with van der Waals surface area (Å²) < 4.78 is 5.56. The Morgan fingerprint density at radius 3 is 2.54 bits per heavy atom. The van der Waals surface area contributed by atoms with Crippen LogP contribution >= 0.6 is 0 Å². The van der Waals surface area contributed by atoms with Crippen molar-refractivity contribution in [1.82, 2.24) is 15.1 Å². The van der Waals surface area contributed by atoms with Gasteiger partial charge in [0.05, 0.1) is 19.8 Å². The Morgan fingerprint density at radius 1 is 1.21 bits per heavy atom. The number of morpholine rings is 1. The van der Waals surface area contributed by atoms with Gasteiger partial charge >= 0.3 is 0 Å². The molecule has 0 aromatic rings. The van der Waals surface area contributed by atoms with Crippen LogP contribution in [0.5, 0.6) is 0 Å². The summed E-state index contributed by atoms with van der Waals surface area (Å²) in [5.41, 5.74) is 5.43. The van der Waals surface area contributed by atoms with E-state index in [1.54, 1.807) is 0 Å². The van der Waals surface area contributed by atoms with Gasteiger partial charge in [0.2, 0.25) is 5.91 Å². The Bertz CT molecular complexity index is 489. The van der Waals surface area contributed by atoms with Gasteiger partial charge in [0.25, 0.3) is 0 Å². The summed E-state index contributed by atoms with van der Waals surface area (Å²) in [7, 11) is 0. The number of nitrogens with two attached hydrogens (primary N) is 1. The van der Waals surface area contributed by atoms with Gasteiger partial charge < -0.3 is 20.7 Å². The molecule has 28 heavy (non-hydrogen) atoms. The Labute approximate surface area is 171 Å². The minimum atomic E-state index is -0.199. The van der Waals surface area contributed by atoms with E-state index in [1.165, 1.54) is 12.8 Å². The third kappa shape index (κ3) is 6.92. The first kappa shape index (κ1) is 22.9. The maximum absolute atomic E-state index is 11.3. The lowest BCUT2D eigenvalue weighted by Crippen LogP contribution is -2.50.